The quantitative estimate of drug-likeness (QED) is 0.510. The monoisotopic (exact) mass is 394 g/mol. The lowest BCUT2D eigenvalue weighted by atomic mass is 10.1. The molecule has 0 amide bonds. The van der Waals surface area contributed by atoms with E-state index in [0.29, 0.717) is 39.8 Å². The molecule has 1 aliphatic rings. The van der Waals surface area contributed by atoms with Gasteiger partial charge in [-0.2, -0.15) is 0 Å². The zero-order valence-corrected chi connectivity index (χ0v) is 15.8. The highest BCUT2D eigenvalue weighted by molar-refractivity contribution is 6.30. The minimum atomic E-state index is -0.412. The Morgan fingerprint density at radius 2 is 1.93 bits per heavy atom. The molecule has 4 rings (SSSR count). The molecule has 0 aromatic heterocycles. The van der Waals surface area contributed by atoms with Crippen molar-refractivity contribution in [2.24, 2.45) is 0 Å². The molecule has 0 bridgehead atoms. The highest BCUT2D eigenvalue weighted by atomic mass is 35.5. The third-order valence-corrected chi connectivity index (χ3v) is 4.75. The Hall–Kier alpha value is -3.11. The Kier molecular flexibility index (Phi) is 4.88. The van der Waals surface area contributed by atoms with Gasteiger partial charge in [0.05, 0.1) is 5.56 Å². The Labute approximate surface area is 167 Å². The minimum Gasteiger partial charge on any atom is -0.488 e. The van der Waals surface area contributed by atoms with Gasteiger partial charge in [0.15, 0.2) is 5.76 Å². The van der Waals surface area contributed by atoms with Crippen LogP contribution in [0.15, 0.2) is 66.4 Å². The Morgan fingerprint density at radius 1 is 1.11 bits per heavy atom. The van der Waals surface area contributed by atoms with Crippen LogP contribution in [0.3, 0.4) is 0 Å². The van der Waals surface area contributed by atoms with E-state index in [9.17, 15) is 9.18 Å². The van der Waals surface area contributed by atoms with Gasteiger partial charge in [-0.1, -0.05) is 41.9 Å². The van der Waals surface area contributed by atoms with Gasteiger partial charge in [0.1, 0.15) is 23.9 Å². The molecule has 5 heteroatoms. The van der Waals surface area contributed by atoms with Crippen LogP contribution in [0.4, 0.5) is 4.39 Å². The second-order valence-corrected chi connectivity index (χ2v) is 6.88. The number of hydrogen-bond donors (Lipinski definition) is 0. The molecule has 3 aromatic rings. The van der Waals surface area contributed by atoms with Crippen molar-refractivity contribution in [2.75, 3.05) is 0 Å². The number of ether oxygens (including phenoxy) is 2. The van der Waals surface area contributed by atoms with Crippen molar-refractivity contribution in [1.82, 2.24) is 0 Å². The number of allylic oxidation sites excluding steroid dienone is 1. The molecule has 0 radical (unpaired) electrons. The fourth-order valence-electron chi connectivity index (χ4n) is 3.05. The van der Waals surface area contributed by atoms with Gasteiger partial charge in [0.25, 0.3) is 0 Å². The van der Waals surface area contributed by atoms with Crippen LogP contribution in [0.25, 0.3) is 6.08 Å². The van der Waals surface area contributed by atoms with Crippen LogP contribution in [0, 0.1) is 12.7 Å². The molecule has 140 valence electrons. The van der Waals surface area contributed by atoms with Gasteiger partial charge in [0.2, 0.25) is 5.78 Å². The van der Waals surface area contributed by atoms with Gasteiger partial charge >= 0.3 is 0 Å². The van der Waals surface area contributed by atoms with Crippen LogP contribution in [0.5, 0.6) is 11.5 Å². The smallest absolute Gasteiger partial charge is 0.231 e. The van der Waals surface area contributed by atoms with Crippen LogP contribution >= 0.6 is 11.6 Å². The number of carbonyl (C=O) groups excluding carboxylic acids is 1. The molecular weight excluding hydrogens is 379 g/mol. The van der Waals surface area contributed by atoms with Gasteiger partial charge < -0.3 is 9.47 Å². The Morgan fingerprint density at radius 3 is 2.71 bits per heavy atom. The fourth-order valence-corrected chi connectivity index (χ4v) is 3.26. The first-order chi connectivity index (χ1) is 13.5. The van der Waals surface area contributed by atoms with Crippen molar-refractivity contribution in [3.05, 3.63) is 99.5 Å². The minimum absolute atomic E-state index is 0.0928. The van der Waals surface area contributed by atoms with Crippen LogP contribution < -0.4 is 9.47 Å². The molecule has 3 nitrogen and oxygen atoms in total. The molecule has 0 saturated heterocycles. The molecule has 0 atom stereocenters. The number of rotatable bonds is 4. The predicted molar refractivity (Wildman–Crippen MR) is 106 cm³/mol. The standard InChI is InChI=1S/C23H16ClFO3/c1-14-20(27-13-15-5-4-7-17(24)11-15)10-9-18-22(26)21(28-23(14)18)12-16-6-2-3-8-19(16)25/h2-12H,13H2,1H3/b21-12-. The topological polar surface area (TPSA) is 35.5 Å². The first-order valence-corrected chi connectivity index (χ1v) is 9.10. The number of hydrogen-bond acceptors (Lipinski definition) is 3. The maximum Gasteiger partial charge on any atom is 0.231 e. The van der Waals surface area contributed by atoms with Crippen molar-refractivity contribution >= 4 is 23.5 Å². The van der Waals surface area contributed by atoms with Crippen molar-refractivity contribution in [3.63, 3.8) is 0 Å². The summed E-state index contributed by atoms with van der Waals surface area (Å²) in [5, 5.41) is 0.642. The third-order valence-electron chi connectivity index (χ3n) is 4.51. The normalized spacial score (nSPS) is 14.1. The zero-order chi connectivity index (χ0) is 19.7. The summed E-state index contributed by atoms with van der Waals surface area (Å²) in [6, 6.07) is 17.1. The van der Waals surface area contributed by atoms with Crippen LogP contribution in [-0.2, 0) is 6.61 Å². The molecular formula is C23H16ClFO3. The predicted octanol–water partition coefficient (Wildman–Crippen LogP) is 5.98. The average molecular weight is 395 g/mol. The molecule has 28 heavy (non-hydrogen) atoms. The van der Waals surface area contributed by atoms with Crippen molar-refractivity contribution in [2.45, 2.75) is 13.5 Å². The van der Waals surface area contributed by atoms with Crippen molar-refractivity contribution in [3.8, 4) is 11.5 Å². The van der Waals surface area contributed by atoms with Crippen LogP contribution in [-0.4, -0.2) is 5.78 Å². The first-order valence-electron chi connectivity index (χ1n) is 8.72. The maximum absolute atomic E-state index is 13.9. The lowest BCUT2D eigenvalue weighted by Crippen LogP contribution is -1.98. The maximum atomic E-state index is 13.9. The SMILES string of the molecule is Cc1c(OCc2cccc(Cl)c2)ccc2c1O/C(=C\c1ccccc1F)C2=O. The number of fused-ring (bicyclic) bond motifs is 1. The summed E-state index contributed by atoms with van der Waals surface area (Å²) < 4.78 is 25.5. The first kappa shape index (κ1) is 18.3. The number of ketones is 1. The van der Waals surface area contributed by atoms with E-state index in [4.69, 9.17) is 21.1 Å². The van der Waals surface area contributed by atoms with E-state index in [1.807, 2.05) is 25.1 Å². The van der Waals surface area contributed by atoms with E-state index in [-0.39, 0.29) is 11.5 Å². The van der Waals surface area contributed by atoms with E-state index in [0.717, 1.165) is 5.56 Å². The molecule has 0 fully saturated rings. The average Bonchev–Trinajstić information content (AvgIpc) is 3.00. The van der Waals surface area contributed by atoms with Crippen molar-refractivity contribution < 1.29 is 18.7 Å². The van der Waals surface area contributed by atoms with Crippen molar-refractivity contribution in [1.29, 1.82) is 0 Å². The lowest BCUT2D eigenvalue weighted by Gasteiger charge is -2.11. The fraction of sp³-hybridized carbons (Fsp3) is 0.0870. The summed E-state index contributed by atoms with van der Waals surface area (Å²) in [6.45, 7) is 2.16. The summed E-state index contributed by atoms with van der Waals surface area (Å²) in [4.78, 5) is 12.6. The van der Waals surface area contributed by atoms with E-state index >= 15 is 0 Å². The van der Waals surface area contributed by atoms with Gasteiger partial charge in [-0.05, 0) is 48.9 Å². The van der Waals surface area contributed by atoms with E-state index < -0.39 is 5.82 Å². The summed E-state index contributed by atoms with van der Waals surface area (Å²) in [5.74, 6) is 0.456. The Bertz CT molecular complexity index is 1100. The number of halogens is 2. The van der Waals surface area contributed by atoms with Crippen LogP contribution in [0.1, 0.15) is 27.0 Å². The second kappa shape index (κ2) is 7.49. The van der Waals surface area contributed by atoms with Gasteiger partial charge in [-0.15, -0.1) is 0 Å². The van der Waals surface area contributed by atoms with E-state index in [1.165, 1.54) is 12.1 Å². The summed E-state index contributed by atoms with van der Waals surface area (Å²) in [7, 11) is 0. The van der Waals surface area contributed by atoms with Gasteiger partial charge in [-0.3, -0.25) is 4.79 Å². The second-order valence-electron chi connectivity index (χ2n) is 6.45. The molecule has 0 spiro atoms. The number of carbonyl (C=O) groups is 1. The summed E-state index contributed by atoms with van der Waals surface area (Å²) >= 11 is 6.00. The van der Waals surface area contributed by atoms with Gasteiger partial charge in [0, 0.05) is 16.1 Å². The highest BCUT2D eigenvalue weighted by Gasteiger charge is 2.30. The molecule has 3 aromatic carbocycles. The van der Waals surface area contributed by atoms with Gasteiger partial charge in [-0.25, -0.2) is 4.39 Å². The molecule has 1 aliphatic heterocycles. The number of benzene rings is 3. The van der Waals surface area contributed by atoms with E-state index in [1.54, 1.807) is 36.4 Å². The molecule has 0 unspecified atom stereocenters. The van der Waals surface area contributed by atoms with Crippen LogP contribution in [0.2, 0.25) is 5.02 Å². The number of Topliss-reactive ketones (excluding diaryl/α,β-unsaturated/α-hetero) is 1. The largest absolute Gasteiger partial charge is 0.488 e. The highest BCUT2D eigenvalue weighted by Crippen LogP contribution is 2.39. The third kappa shape index (κ3) is 3.51. The molecule has 1 heterocycles. The Balaban J connectivity index is 1.59. The lowest BCUT2D eigenvalue weighted by molar-refractivity contribution is 0.101. The molecule has 0 N–H and O–H groups in total. The molecule has 0 saturated carbocycles. The summed E-state index contributed by atoms with van der Waals surface area (Å²) in [6.07, 6.45) is 1.42. The molecule has 0 aliphatic carbocycles. The zero-order valence-electron chi connectivity index (χ0n) is 15.0. The van der Waals surface area contributed by atoms with E-state index in [2.05, 4.69) is 0 Å². The summed E-state index contributed by atoms with van der Waals surface area (Å²) in [5.41, 5.74) is 2.39.